The second-order valence-electron chi connectivity index (χ2n) is 4.23. The lowest BCUT2D eigenvalue weighted by atomic mass is 10.1. The smallest absolute Gasteiger partial charge is 0.270 e. The molecule has 2 aromatic carbocycles. The molecule has 0 saturated heterocycles. The fourth-order valence-corrected chi connectivity index (χ4v) is 1.68. The van der Waals surface area contributed by atoms with Crippen molar-refractivity contribution in [1.82, 2.24) is 5.32 Å². The number of nitro benzene ring substituents is 1. The predicted molar refractivity (Wildman–Crippen MR) is 70.6 cm³/mol. The highest BCUT2D eigenvalue weighted by molar-refractivity contribution is 5.95. The van der Waals surface area contributed by atoms with Gasteiger partial charge in [0.15, 0.2) is 0 Å². The Morgan fingerprint density at radius 2 is 1.81 bits per heavy atom. The van der Waals surface area contributed by atoms with Crippen LogP contribution in [0.3, 0.4) is 0 Å². The number of nitrogens with zero attached hydrogens (tertiary/aromatic N) is 1. The Morgan fingerprint density at radius 3 is 2.43 bits per heavy atom. The Hall–Kier alpha value is -2.83. The summed E-state index contributed by atoms with van der Waals surface area (Å²) < 4.78 is 26.3. The van der Waals surface area contributed by atoms with E-state index in [1.54, 1.807) is 0 Å². The summed E-state index contributed by atoms with van der Waals surface area (Å²) in [6, 6.07) is 8.12. The lowest BCUT2D eigenvalue weighted by Gasteiger charge is -2.06. The van der Waals surface area contributed by atoms with Crippen LogP contribution >= 0.6 is 0 Å². The van der Waals surface area contributed by atoms with Gasteiger partial charge in [0, 0.05) is 18.7 Å². The molecule has 0 heterocycles. The van der Waals surface area contributed by atoms with Crippen LogP contribution in [0.4, 0.5) is 14.5 Å². The van der Waals surface area contributed by atoms with Crippen molar-refractivity contribution in [3.63, 3.8) is 0 Å². The summed E-state index contributed by atoms with van der Waals surface area (Å²) in [5, 5.41) is 13.0. The number of non-ortho nitro benzene ring substituents is 1. The Bertz CT molecular complexity index is 687. The van der Waals surface area contributed by atoms with Crippen LogP contribution in [0, 0.1) is 21.7 Å². The molecule has 0 bridgehead atoms. The molecule has 2 rings (SSSR count). The number of halogens is 2. The summed E-state index contributed by atoms with van der Waals surface area (Å²) in [5.41, 5.74) is -0.162. The molecule has 1 amide bonds. The minimum atomic E-state index is -0.850. The van der Waals surface area contributed by atoms with Crippen LogP contribution in [0.1, 0.15) is 15.9 Å². The van der Waals surface area contributed by atoms with Crippen molar-refractivity contribution in [2.24, 2.45) is 0 Å². The number of carbonyl (C=O) groups is 1. The fourth-order valence-electron chi connectivity index (χ4n) is 1.68. The molecule has 0 unspecified atom stereocenters. The zero-order valence-corrected chi connectivity index (χ0v) is 10.7. The maximum absolute atomic E-state index is 13.5. The van der Waals surface area contributed by atoms with Crippen LogP contribution in [0.25, 0.3) is 0 Å². The van der Waals surface area contributed by atoms with E-state index in [4.69, 9.17) is 0 Å². The molecule has 0 atom stereocenters. The summed E-state index contributed by atoms with van der Waals surface area (Å²) >= 11 is 0. The Kier molecular flexibility index (Phi) is 4.22. The van der Waals surface area contributed by atoms with Gasteiger partial charge in [-0.3, -0.25) is 14.9 Å². The Balaban J connectivity index is 2.11. The normalized spacial score (nSPS) is 10.2. The van der Waals surface area contributed by atoms with Crippen molar-refractivity contribution in [3.05, 3.63) is 75.3 Å². The lowest BCUT2D eigenvalue weighted by Crippen LogP contribution is -2.24. The van der Waals surface area contributed by atoms with Crippen LogP contribution in [0.5, 0.6) is 0 Å². The number of nitro groups is 1. The third-order valence-electron chi connectivity index (χ3n) is 2.77. The van der Waals surface area contributed by atoms with E-state index >= 15 is 0 Å². The van der Waals surface area contributed by atoms with Gasteiger partial charge in [0.2, 0.25) is 0 Å². The first-order chi connectivity index (χ1) is 9.97. The van der Waals surface area contributed by atoms with Crippen LogP contribution < -0.4 is 5.32 Å². The largest absolute Gasteiger partial charge is 0.348 e. The molecule has 0 aliphatic heterocycles. The second-order valence-corrected chi connectivity index (χ2v) is 4.23. The van der Waals surface area contributed by atoms with Crippen molar-refractivity contribution in [2.45, 2.75) is 6.54 Å². The van der Waals surface area contributed by atoms with Gasteiger partial charge in [-0.25, -0.2) is 8.78 Å². The number of hydrogen-bond acceptors (Lipinski definition) is 3. The van der Waals surface area contributed by atoms with Gasteiger partial charge < -0.3 is 5.32 Å². The Labute approximate surface area is 118 Å². The van der Waals surface area contributed by atoms with Gasteiger partial charge in [-0.2, -0.15) is 0 Å². The van der Waals surface area contributed by atoms with Crippen LogP contribution in [-0.2, 0) is 6.54 Å². The molecule has 0 fully saturated rings. The van der Waals surface area contributed by atoms with Crippen molar-refractivity contribution >= 4 is 11.6 Å². The first-order valence-electron chi connectivity index (χ1n) is 5.94. The highest BCUT2D eigenvalue weighted by Crippen LogP contribution is 2.16. The van der Waals surface area contributed by atoms with E-state index < -0.39 is 28.0 Å². The third kappa shape index (κ3) is 3.59. The van der Waals surface area contributed by atoms with E-state index in [2.05, 4.69) is 5.32 Å². The standard InChI is InChI=1S/C14H10F2N2O3/c15-10-3-1-9(2-4-10)8-17-14(19)12-7-11(18(20)21)5-6-13(12)16/h1-7H,8H2,(H,17,19). The molecule has 0 aliphatic rings. The zero-order chi connectivity index (χ0) is 15.4. The summed E-state index contributed by atoms with van der Waals surface area (Å²) in [6.07, 6.45) is 0. The molecule has 0 aromatic heterocycles. The van der Waals surface area contributed by atoms with Crippen LogP contribution in [0.2, 0.25) is 0 Å². The van der Waals surface area contributed by atoms with Crippen LogP contribution in [-0.4, -0.2) is 10.8 Å². The van der Waals surface area contributed by atoms with Gasteiger partial charge >= 0.3 is 0 Å². The molecule has 1 N–H and O–H groups in total. The van der Waals surface area contributed by atoms with Gasteiger partial charge in [0.05, 0.1) is 10.5 Å². The molecule has 5 nitrogen and oxygen atoms in total. The SMILES string of the molecule is O=C(NCc1ccc(F)cc1)c1cc([N+](=O)[O-])ccc1F. The fraction of sp³-hybridized carbons (Fsp3) is 0.0714. The van der Waals surface area contributed by atoms with E-state index in [-0.39, 0.29) is 12.2 Å². The maximum atomic E-state index is 13.5. The van der Waals surface area contributed by atoms with E-state index in [9.17, 15) is 23.7 Å². The van der Waals surface area contributed by atoms with Crippen molar-refractivity contribution in [2.75, 3.05) is 0 Å². The molecule has 21 heavy (non-hydrogen) atoms. The number of amides is 1. The quantitative estimate of drug-likeness (QED) is 0.695. The molecule has 108 valence electrons. The first-order valence-corrected chi connectivity index (χ1v) is 5.94. The minimum Gasteiger partial charge on any atom is -0.348 e. The predicted octanol–water partition coefficient (Wildman–Crippen LogP) is 2.80. The number of nitrogens with one attached hydrogen (secondary N) is 1. The molecule has 0 spiro atoms. The number of carbonyl (C=O) groups excluding carboxylic acids is 1. The van der Waals surface area contributed by atoms with Crippen LogP contribution in [0.15, 0.2) is 42.5 Å². The van der Waals surface area contributed by atoms with E-state index in [1.165, 1.54) is 24.3 Å². The highest BCUT2D eigenvalue weighted by atomic mass is 19.1. The minimum absolute atomic E-state index is 0.0568. The topological polar surface area (TPSA) is 72.2 Å². The summed E-state index contributed by atoms with van der Waals surface area (Å²) in [4.78, 5) is 21.7. The summed E-state index contributed by atoms with van der Waals surface area (Å²) in [5.74, 6) is -2.03. The maximum Gasteiger partial charge on any atom is 0.270 e. The van der Waals surface area contributed by atoms with Gasteiger partial charge in [-0.1, -0.05) is 12.1 Å². The van der Waals surface area contributed by atoms with Crippen molar-refractivity contribution in [3.8, 4) is 0 Å². The number of hydrogen-bond donors (Lipinski definition) is 1. The molecule has 0 saturated carbocycles. The second kappa shape index (κ2) is 6.08. The first kappa shape index (κ1) is 14.6. The van der Waals surface area contributed by atoms with E-state index in [0.29, 0.717) is 5.56 Å². The van der Waals surface area contributed by atoms with Gasteiger partial charge in [-0.15, -0.1) is 0 Å². The number of benzene rings is 2. The average Bonchev–Trinajstić information content (AvgIpc) is 2.46. The third-order valence-corrected chi connectivity index (χ3v) is 2.77. The van der Waals surface area contributed by atoms with Gasteiger partial charge in [0.25, 0.3) is 11.6 Å². The van der Waals surface area contributed by atoms with Crippen molar-refractivity contribution < 1.29 is 18.5 Å². The molecule has 7 heteroatoms. The zero-order valence-electron chi connectivity index (χ0n) is 10.7. The van der Waals surface area contributed by atoms with E-state index in [0.717, 1.165) is 18.2 Å². The number of rotatable bonds is 4. The Morgan fingerprint density at radius 1 is 1.14 bits per heavy atom. The van der Waals surface area contributed by atoms with Gasteiger partial charge in [0.1, 0.15) is 11.6 Å². The van der Waals surface area contributed by atoms with E-state index in [1.807, 2.05) is 0 Å². The monoisotopic (exact) mass is 292 g/mol. The molecule has 0 aliphatic carbocycles. The molecular formula is C14H10F2N2O3. The highest BCUT2D eigenvalue weighted by Gasteiger charge is 2.16. The molecule has 2 aromatic rings. The average molecular weight is 292 g/mol. The summed E-state index contributed by atoms with van der Waals surface area (Å²) in [6.45, 7) is 0.0568. The lowest BCUT2D eigenvalue weighted by molar-refractivity contribution is -0.384. The molecule has 0 radical (unpaired) electrons. The van der Waals surface area contributed by atoms with Gasteiger partial charge in [-0.05, 0) is 23.8 Å². The van der Waals surface area contributed by atoms with Crippen molar-refractivity contribution in [1.29, 1.82) is 0 Å². The summed E-state index contributed by atoms with van der Waals surface area (Å²) in [7, 11) is 0. The molecular weight excluding hydrogens is 282 g/mol.